The Morgan fingerprint density at radius 2 is 2.06 bits per heavy atom. The summed E-state index contributed by atoms with van der Waals surface area (Å²) in [5, 5.41) is -0.0405. The SMILES string of the molecule is NCC(SCc1ccco1)c1ccccc1F. The molecule has 0 saturated carbocycles. The van der Waals surface area contributed by atoms with Gasteiger partial charge in [-0.15, -0.1) is 11.8 Å². The fourth-order valence-corrected chi connectivity index (χ4v) is 2.63. The van der Waals surface area contributed by atoms with Crippen molar-refractivity contribution in [2.24, 2.45) is 5.73 Å². The molecule has 0 aliphatic heterocycles. The van der Waals surface area contributed by atoms with E-state index in [1.54, 1.807) is 30.2 Å². The summed E-state index contributed by atoms with van der Waals surface area (Å²) in [7, 11) is 0. The van der Waals surface area contributed by atoms with E-state index in [1.807, 2.05) is 18.2 Å². The summed E-state index contributed by atoms with van der Waals surface area (Å²) < 4.78 is 18.8. The molecule has 0 saturated heterocycles. The highest BCUT2D eigenvalue weighted by Gasteiger charge is 2.14. The van der Waals surface area contributed by atoms with Crippen LogP contribution in [0.1, 0.15) is 16.6 Å². The molecule has 1 unspecified atom stereocenters. The van der Waals surface area contributed by atoms with Crippen molar-refractivity contribution in [1.29, 1.82) is 0 Å². The Morgan fingerprint density at radius 1 is 1.24 bits per heavy atom. The summed E-state index contributed by atoms with van der Waals surface area (Å²) >= 11 is 1.59. The Hall–Kier alpha value is -1.26. The number of nitrogens with two attached hydrogens (primary N) is 1. The van der Waals surface area contributed by atoms with Crippen molar-refractivity contribution in [3.8, 4) is 0 Å². The molecule has 17 heavy (non-hydrogen) atoms. The highest BCUT2D eigenvalue weighted by Crippen LogP contribution is 2.32. The van der Waals surface area contributed by atoms with Crippen molar-refractivity contribution in [1.82, 2.24) is 0 Å². The Morgan fingerprint density at radius 3 is 2.71 bits per heavy atom. The number of furan rings is 1. The van der Waals surface area contributed by atoms with Crippen LogP contribution in [0.15, 0.2) is 47.1 Å². The van der Waals surface area contributed by atoms with Crippen molar-refractivity contribution in [2.75, 3.05) is 6.54 Å². The van der Waals surface area contributed by atoms with Gasteiger partial charge in [0.2, 0.25) is 0 Å². The lowest BCUT2D eigenvalue weighted by molar-refractivity contribution is 0.530. The molecule has 4 heteroatoms. The van der Waals surface area contributed by atoms with E-state index >= 15 is 0 Å². The topological polar surface area (TPSA) is 39.2 Å². The molecule has 0 radical (unpaired) electrons. The van der Waals surface area contributed by atoms with Crippen LogP contribution < -0.4 is 5.73 Å². The molecule has 0 bridgehead atoms. The molecule has 0 fully saturated rings. The van der Waals surface area contributed by atoms with Gasteiger partial charge in [-0.1, -0.05) is 18.2 Å². The van der Waals surface area contributed by atoms with Gasteiger partial charge in [-0.05, 0) is 18.2 Å². The summed E-state index contributed by atoms with van der Waals surface area (Å²) in [6.07, 6.45) is 1.64. The number of hydrogen-bond acceptors (Lipinski definition) is 3. The minimum absolute atomic E-state index is 0.0405. The maximum atomic E-state index is 13.6. The molecule has 90 valence electrons. The summed E-state index contributed by atoms with van der Waals surface area (Å²) in [5.41, 5.74) is 6.35. The Kier molecular flexibility index (Phi) is 4.23. The van der Waals surface area contributed by atoms with Gasteiger partial charge in [0.15, 0.2) is 0 Å². The monoisotopic (exact) mass is 251 g/mol. The van der Waals surface area contributed by atoms with Crippen molar-refractivity contribution in [2.45, 2.75) is 11.0 Å². The summed E-state index contributed by atoms with van der Waals surface area (Å²) in [6.45, 7) is 0.409. The molecule has 0 amide bonds. The molecule has 0 aliphatic carbocycles. The number of benzene rings is 1. The average Bonchev–Trinajstić information content (AvgIpc) is 2.85. The molecule has 1 heterocycles. The van der Waals surface area contributed by atoms with Crippen molar-refractivity contribution in [3.63, 3.8) is 0 Å². The zero-order valence-electron chi connectivity index (χ0n) is 9.30. The van der Waals surface area contributed by atoms with Gasteiger partial charge in [0.25, 0.3) is 0 Å². The van der Waals surface area contributed by atoms with Gasteiger partial charge in [0.1, 0.15) is 11.6 Å². The first-order valence-corrected chi connectivity index (χ1v) is 6.44. The van der Waals surface area contributed by atoms with E-state index in [0.717, 1.165) is 5.76 Å². The highest BCUT2D eigenvalue weighted by atomic mass is 32.2. The highest BCUT2D eigenvalue weighted by molar-refractivity contribution is 7.98. The average molecular weight is 251 g/mol. The number of rotatable bonds is 5. The largest absolute Gasteiger partial charge is 0.468 e. The Balaban J connectivity index is 2.04. The van der Waals surface area contributed by atoms with Gasteiger partial charge < -0.3 is 10.2 Å². The van der Waals surface area contributed by atoms with Crippen molar-refractivity contribution >= 4 is 11.8 Å². The van der Waals surface area contributed by atoms with E-state index in [-0.39, 0.29) is 11.1 Å². The number of thioether (sulfide) groups is 1. The van der Waals surface area contributed by atoms with Crippen LogP contribution in [0, 0.1) is 5.82 Å². The van der Waals surface area contributed by atoms with Crippen LogP contribution in [0.2, 0.25) is 0 Å². The molecule has 1 aromatic carbocycles. The minimum Gasteiger partial charge on any atom is -0.468 e. The molecule has 2 nitrogen and oxygen atoms in total. The normalized spacial score (nSPS) is 12.6. The van der Waals surface area contributed by atoms with E-state index in [0.29, 0.717) is 17.9 Å². The van der Waals surface area contributed by atoms with Gasteiger partial charge in [-0.25, -0.2) is 4.39 Å². The van der Waals surface area contributed by atoms with E-state index in [9.17, 15) is 4.39 Å². The lowest BCUT2D eigenvalue weighted by Gasteiger charge is -2.14. The third kappa shape index (κ3) is 3.11. The number of hydrogen-bond donors (Lipinski definition) is 1. The van der Waals surface area contributed by atoms with Crippen molar-refractivity contribution < 1.29 is 8.81 Å². The second-order valence-corrected chi connectivity index (χ2v) is 4.83. The van der Waals surface area contributed by atoms with Crippen LogP contribution in [0.4, 0.5) is 4.39 Å². The van der Waals surface area contributed by atoms with E-state index < -0.39 is 0 Å². The fraction of sp³-hybridized carbons (Fsp3) is 0.231. The maximum absolute atomic E-state index is 13.6. The first-order chi connectivity index (χ1) is 8.31. The zero-order valence-corrected chi connectivity index (χ0v) is 10.1. The van der Waals surface area contributed by atoms with E-state index in [1.165, 1.54) is 6.07 Å². The smallest absolute Gasteiger partial charge is 0.127 e. The van der Waals surface area contributed by atoms with Gasteiger partial charge in [-0.3, -0.25) is 0 Å². The Bertz CT molecular complexity index is 458. The third-order valence-corrected chi connectivity index (χ3v) is 3.77. The maximum Gasteiger partial charge on any atom is 0.127 e. The predicted octanol–water partition coefficient (Wildman–Crippen LogP) is 3.35. The van der Waals surface area contributed by atoms with Crippen LogP contribution in [-0.4, -0.2) is 6.54 Å². The quantitative estimate of drug-likeness (QED) is 0.885. The molecule has 2 N–H and O–H groups in total. The van der Waals surface area contributed by atoms with Crippen LogP contribution in [-0.2, 0) is 5.75 Å². The summed E-state index contributed by atoms with van der Waals surface area (Å²) in [4.78, 5) is 0. The van der Waals surface area contributed by atoms with Gasteiger partial charge >= 0.3 is 0 Å². The molecule has 0 spiro atoms. The first kappa shape index (κ1) is 12.2. The molecule has 2 aromatic rings. The van der Waals surface area contributed by atoms with Crippen LogP contribution >= 0.6 is 11.8 Å². The van der Waals surface area contributed by atoms with Crippen LogP contribution in [0.25, 0.3) is 0 Å². The van der Waals surface area contributed by atoms with Gasteiger partial charge in [-0.2, -0.15) is 0 Å². The second kappa shape index (κ2) is 5.89. The molecule has 2 rings (SSSR count). The zero-order chi connectivity index (χ0) is 12.1. The second-order valence-electron chi connectivity index (χ2n) is 3.64. The molecular formula is C13H14FNOS. The fourth-order valence-electron chi connectivity index (χ4n) is 1.60. The predicted molar refractivity (Wildman–Crippen MR) is 68.2 cm³/mol. The third-order valence-electron chi connectivity index (χ3n) is 2.47. The van der Waals surface area contributed by atoms with Crippen LogP contribution in [0.3, 0.4) is 0 Å². The first-order valence-electron chi connectivity index (χ1n) is 5.39. The minimum atomic E-state index is -0.199. The van der Waals surface area contributed by atoms with Crippen molar-refractivity contribution in [3.05, 3.63) is 59.8 Å². The Labute approximate surface area is 104 Å². The number of halogens is 1. The lowest BCUT2D eigenvalue weighted by Crippen LogP contribution is -2.11. The summed E-state index contributed by atoms with van der Waals surface area (Å²) in [6, 6.07) is 10.5. The van der Waals surface area contributed by atoms with E-state index in [4.69, 9.17) is 10.2 Å². The molecule has 1 atom stereocenters. The summed E-state index contributed by atoms with van der Waals surface area (Å²) in [5.74, 6) is 1.38. The van der Waals surface area contributed by atoms with Crippen LogP contribution in [0.5, 0.6) is 0 Å². The van der Waals surface area contributed by atoms with Gasteiger partial charge in [0, 0.05) is 17.4 Å². The molecular weight excluding hydrogens is 237 g/mol. The standard InChI is InChI=1S/C13H14FNOS/c14-12-6-2-1-5-11(12)13(8-15)17-9-10-4-3-7-16-10/h1-7,13H,8-9,15H2. The lowest BCUT2D eigenvalue weighted by atomic mass is 10.1. The molecule has 0 aliphatic rings. The molecule has 1 aromatic heterocycles. The van der Waals surface area contributed by atoms with Gasteiger partial charge in [0.05, 0.1) is 12.0 Å². The van der Waals surface area contributed by atoms with E-state index in [2.05, 4.69) is 0 Å².